The SMILES string of the molecule is CC[C@H]1O[C@@H](n2cc(C)c(NC(=O)c3ccccc3)nc2=O)C[C@H]1O[Si](c1ccccc1)(c1ccccc1)C(C)(C)C.[C-]#[N+]CCOP(=S)(OC[C@H]1O[C@@H](n2cc(C)c(NC(=O)c3ccccc3)nc2=O)C[C@H]1O[Si](c1ccccc1)(c1ccccc1)C(C)(C)C)O[C@@H]1C[C@H](n2cc(C)c(=O)[nH]c2=O)O[C@@H]1CO. The number of aliphatic hydroxyl groups excluding tert-OH is 1. The highest BCUT2D eigenvalue weighted by Gasteiger charge is 2.56. The molecule has 4 N–H and O–H groups in total. The molecule has 10 atom stereocenters. The van der Waals surface area contributed by atoms with Crippen LogP contribution in [0.2, 0.25) is 10.1 Å². The number of hydrogen-bond acceptors (Lipinski definition) is 18. The van der Waals surface area contributed by atoms with Crippen LogP contribution in [-0.4, -0.2) is 125 Å². The summed E-state index contributed by atoms with van der Waals surface area (Å²) in [6.45, 7) is 23.0. The summed E-state index contributed by atoms with van der Waals surface area (Å²) in [7, 11) is -6.08. The predicted octanol–water partition coefficient (Wildman–Crippen LogP) is 10.2. The maximum absolute atomic E-state index is 13.9. The molecule has 3 saturated heterocycles. The van der Waals surface area contributed by atoms with Crippen LogP contribution in [0.15, 0.2) is 220 Å². The minimum absolute atomic E-state index is 0.0310. The molecule has 3 fully saturated rings. The first-order valence-corrected chi connectivity index (χ1v) is 42.4. The normalized spacial score (nSPS) is 20.7. The summed E-state index contributed by atoms with van der Waals surface area (Å²) < 4.78 is 57.4. The quantitative estimate of drug-likeness (QED) is 0.0179. The van der Waals surface area contributed by atoms with Crippen LogP contribution in [0.1, 0.15) is 130 Å². The standard InChI is InChI=1S/C46H53N6O11PSSi.C34H39N3O4Si/c1-30-26-51(44(56)49-41(30)48-43(55)32-16-10-7-11-17-32)40-25-36(63-66(46(3,4)5,33-18-12-8-13-19-33)34-20-14-9-15-21-34)38(61-40)29-59-64(65,58-23-22-47-6)62-35-24-39(60-37(35)28-53)52-27-31(2)42(54)50-45(52)57;1-6-28-29(41-42(34(3,4)5,26-18-12-8-13-19-26)27-20-14-9-15-21-27)22-30(40-28)37-23-24(2)31(36-33(37)39)35-32(38)25-16-10-7-11-17-25/h7-21,26-27,35-40,53H,22-25,28-29H2,1-5H3,(H,50,54,57)(H,48,49,55,56);7-21,23,28-30H,6,22H2,1-5H3,(H,35,36,38,39)/t35-,36-,37-,38-,39-,40-,64?;28-,29-,30-/m11/s1. The molecule has 24 nitrogen and oxygen atoms in total. The van der Waals surface area contributed by atoms with Crippen molar-refractivity contribution in [2.24, 2.45) is 0 Å². The summed E-state index contributed by atoms with van der Waals surface area (Å²) in [5, 5.41) is 19.7. The maximum atomic E-state index is 13.9. The number of benzene rings is 6. The predicted molar refractivity (Wildman–Crippen MR) is 422 cm³/mol. The third-order valence-electron chi connectivity index (χ3n) is 19.6. The number of nitrogens with one attached hydrogen (secondary N) is 3. The molecule has 1 unspecified atom stereocenters. The summed E-state index contributed by atoms with van der Waals surface area (Å²) in [6, 6.07) is 58.7. The number of aromatic nitrogens is 6. The fraction of sp³-hybridized carbons (Fsp3) is 0.362. The van der Waals surface area contributed by atoms with Crippen LogP contribution < -0.4 is 54.0 Å². The van der Waals surface area contributed by atoms with Gasteiger partial charge in [-0.3, -0.25) is 33.1 Å². The van der Waals surface area contributed by atoms with Crippen LogP contribution in [0.5, 0.6) is 0 Å². The highest BCUT2D eigenvalue weighted by molar-refractivity contribution is 8.07. The van der Waals surface area contributed by atoms with Gasteiger partial charge in [-0.25, -0.2) is 21.0 Å². The van der Waals surface area contributed by atoms with E-state index in [1.54, 1.807) is 80.8 Å². The Morgan fingerprint density at radius 2 is 0.935 bits per heavy atom. The van der Waals surface area contributed by atoms with E-state index >= 15 is 0 Å². The number of hydrogen-bond donors (Lipinski definition) is 4. The Hall–Kier alpha value is -9.09. The average molecular weight is 1540 g/mol. The Bertz CT molecular complexity index is 4850. The van der Waals surface area contributed by atoms with E-state index in [1.165, 1.54) is 30.3 Å². The summed E-state index contributed by atoms with van der Waals surface area (Å²) in [4.78, 5) is 92.0. The van der Waals surface area contributed by atoms with Gasteiger partial charge in [0.2, 0.25) is 6.54 Å². The van der Waals surface area contributed by atoms with Crippen LogP contribution in [0.3, 0.4) is 0 Å². The molecule has 6 heterocycles. The molecule has 0 saturated carbocycles. The highest BCUT2D eigenvalue weighted by Crippen LogP contribution is 2.54. The van der Waals surface area contributed by atoms with Gasteiger partial charge in [-0.1, -0.05) is 206 Å². The van der Waals surface area contributed by atoms with E-state index in [1.807, 2.05) is 61.5 Å². The van der Waals surface area contributed by atoms with Crippen molar-refractivity contribution in [3.63, 3.8) is 0 Å². The smallest absolute Gasteiger partial charge is 0.351 e. The van der Waals surface area contributed by atoms with Crippen molar-refractivity contribution in [2.45, 2.75) is 160 Å². The molecule has 108 heavy (non-hydrogen) atoms. The summed E-state index contributed by atoms with van der Waals surface area (Å²) in [5.74, 6) is -0.378. The van der Waals surface area contributed by atoms with Crippen molar-refractivity contribution in [2.75, 3.05) is 37.0 Å². The molecule has 0 aliphatic carbocycles. The lowest BCUT2D eigenvalue weighted by Gasteiger charge is -2.45. The van der Waals surface area contributed by atoms with Gasteiger partial charge in [0.25, 0.3) is 34.0 Å². The van der Waals surface area contributed by atoms with Crippen molar-refractivity contribution < 1.29 is 51.3 Å². The van der Waals surface area contributed by atoms with Gasteiger partial charge in [-0.05, 0) is 94.1 Å². The minimum Gasteiger partial charge on any atom is -0.402 e. The monoisotopic (exact) mass is 1540 g/mol. The lowest BCUT2D eigenvalue weighted by atomic mass is 10.1. The van der Waals surface area contributed by atoms with Crippen LogP contribution in [0.25, 0.3) is 4.85 Å². The molecule has 28 heteroatoms. The van der Waals surface area contributed by atoms with Crippen molar-refractivity contribution in [3.8, 4) is 0 Å². The van der Waals surface area contributed by atoms with E-state index in [9.17, 15) is 33.9 Å². The molecule has 0 radical (unpaired) electrons. The van der Waals surface area contributed by atoms with Gasteiger partial charge in [-0.15, -0.1) is 0 Å². The summed E-state index contributed by atoms with van der Waals surface area (Å²) in [5.41, 5.74) is -0.0141. The number of aryl methyl sites for hydroxylation is 3. The second-order valence-electron chi connectivity index (χ2n) is 29.0. The molecule has 12 rings (SSSR count). The number of H-pyrrole nitrogens is 1. The molecular formula is C80H92N9O15PSSi2. The van der Waals surface area contributed by atoms with Crippen LogP contribution >= 0.6 is 6.72 Å². The molecule has 0 bridgehead atoms. The Morgan fingerprint density at radius 1 is 0.565 bits per heavy atom. The fourth-order valence-corrected chi connectivity index (χ4v) is 25.8. The number of amides is 2. The van der Waals surface area contributed by atoms with Gasteiger partial charge in [0.1, 0.15) is 49.1 Å². The summed E-state index contributed by atoms with van der Waals surface area (Å²) in [6.07, 6.45) is -0.169. The molecule has 2 amide bonds. The lowest BCUT2D eigenvalue weighted by Crippen LogP contribution is -2.68. The topological polar surface area (TPSA) is 281 Å². The Morgan fingerprint density at radius 3 is 1.33 bits per heavy atom. The number of aromatic amines is 1. The number of ether oxygens (including phenoxy) is 3. The number of anilines is 2. The van der Waals surface area contributed by atoms with Gasteiger partial charge >= 0.3 is 23.8 Å². The Balaban J connectivity index is 0.000000237. The lowest BCUT2D eigenvalue weighted by molar-refractivity contribution is -0.0535. The van der Waals surface area contributed by atoms with Gasteiger partial charge < -0.3 is 57.2 Å². The first kappa shape index (κ1) is 79.9. The Labute approximate surface area is 634 Å². The molecule has 3 aliphatic rings. The molecule has 9 aromatic rings. The van der Waals surface area contributed by atoms with Crippen LogP contribution in [0.4, 0.5) is 11.6 Å². The molecule has 6 aromatic carbocycles. The molecule has 3 aliphatic heterocycles. The zero-order valence-corrected chi connectivity index (χ0v) is 65.8. The molecule has 0 spiro atoms. The number of aliphatic hydroxyl groups is 1. The molecular weight excluding hydrogens is 1450 g/mol. The van der Waals surface area contributed by atoms with Crippen LogP contribution in [0, 0.1) is 27.3 Å². The maximum Gasteiger partial charge on any atom is 0.351 e. The average Bonchev–Trinajstić information content (AvgIpc) is 1.13. The van der Waals surface area contributed by atoms with Crippen molar-refractivity contribution in [3.05, 3.63) is 282 Å². The van der Waals surface area contributed by atoms with E-state index in [0.29, 0.717) is 28.7 Å². The van der Waals surface area contributed by atoms with E-state index in [0.717, 1.165) is 16.8 Å². The minimum atomic E-state index is -3.82. The molecule has 566 valence electrons. The number of carbonyl (C=O) groups excluding carboxylic acids is 2. The molecule has 3 aromatic heterocycles. The first-order chi connectivity index (χ1) is 51.7. The first-order valence-electron chi connectivity index (χ1n) is 36.0. The van der Waals surface area contributed by atoms with Crippen molar-refractivity contribution >= 4 is 79.4 Å². The van der Waals surface area contributed by atoms with E-state index < -0.39 is 107 Å². The number of rotatable bonds is 25. The van der Waals surface area contributed by atoms with E-state index in [-0.39, 0.29) is 73.0 Å². The number of nitrogens with zero attached hydrogens (tertiary/aromatic N) is 6. The second kappa shape index (κ2) is 34.6. The Kier molecular flexibility index (Phi) is 25.6. The zero-order valence-electron chi connectivity index (χ0n) is 62.1. The second-order valence-corrected chi connectivity index (χ2v) is 40.4. The van der Waals surface area contributed by atoms with Gasteiger partial charge in [0, 0.05) is 65.7 Å². The van der Waals surface area contributed by atoms with Gasteiger partial charge in [0.05, 0.1) is 37.6 Å². The summed E-state index contributed by atoms with van der Waals surface area (Å²) >= 11 is 6.01. The van der Waals surface area contributed by atoms with E-state index in [2.05, 4.69) is 152 Å². The fourth-order valence-electron chi connectivity index (χ4n) is 14.2. The third-order valence-corrected chi connectivity index (χ3v) is 32.1. The van der Waals surface area contributed by atoms with Gasteiger partial charge in [-0.2, -0.15) is 9.97 Å². The van der Waals surface area contributed by atoms with Gasteiger partial charge in [0.15, 0.2) is 0 Å². The highest BCUT2D eigenvalue weighted by atomic mass is 32.5. The van der Waals surface area contributed by atoms with Crippen molar-refractivity contribution in [1.82, 2.24) is 28.7 Å². The largest absolute Gasteiger partial charge is 0.402 e. The third kappa shape index (κ3) is 17.8. The number of carbonyl (C=O) groups is 2. The van der Waals surface area contributed by atoms with Crippen LogP contribution in [-0.2, 0) is 48.4 Å². The zero-order chi connectivity index (χ0) is 77.1. The van der Waals surface area contributed by atoms with E-state index in [4.69, 9.17) is 55.0 Å². The van der Waals surface area contributed by atoms with Crippen molar-refractivity contribution in [1.29, 1.82) is 0 Å².